The van der Waals surface area contributed by atoms with E-state index in [1.807, 2.05) is 0 Å². The third-order valence-corrected chi connectivity index (χ3v) is 3.97. The van der Waals surface area contributed by atoms with E-state index in [0.717, 1.165) is 13.0 Å². The number of benzene rings is 1. The quantitative estimate of drug-likeness (QED) is 0.782. The Morgan fingerprint density at radius 2 is 1.79 bits per heavy atom. The van der Waals surface area contributed by atoms with Gasteiger partial charge in [-0.25, -0.2) is 0 Å². The molecule has 1 aliphatic carbocycles. The number of hydrogen-bond donors (Lipinski definition) is 1. The molecule has 1 fully saturated rings. The molecule has 1 nitrogen and oxygen atoms in total. The smallest absolute Gasteiger partial charge is 0.0364 e. The van der Waals surface area contributed by atoms with Gasteiger partial charge >= 0.3 is 0 Å². The minimum absolute atomic E-state index is 0. The SMILES string of the molecule is C/C=C/C1(NCCc2ccccc2)CCCCC1.Cl. The molecule has 2 heteroatoms. The van der Waals surface area contributed by atoms with E-state index in [-0.39, 0.29) is 17.9 Å². The molecule has 19 heavy (non-hydrogen) atoms. The van der Waals surface area contributed by atoms with Crippen molar-refractivity contribution in [2.24, 2.45) is 0 Å². The van der Waals surface area contributed by atoms with Gasteiger partial charge in [0.05, 0.1) is 0 Å². The average molecular weight is 280 g/mol. The maximum atomic E-state index is 3.80. The molecule has 0 heterocycles. The molecule has 0 aromatic heterocycles. The number of rotatable bonds is 5. The van der Waals surface area contributed by atoms with Crippen LogP contribution in [0, 0.1) is 0 Å². The Morgan fingerprint density at radius 1 is 1.11 bits per heavy atom. The lowest BCUT2D eigenvalue weighted by Gasteiger charge is -2.36. The average Bonchev–Trinajstić information content (AvgIpc) is 2.41. The maximum absolute atomic E-state index is 3.80. The zero-order valence-corrected chi connectivity index (χ0v) is 12.7. The molecule has 1 N–H and O–H groups in total. The second-order valence-electron chi connectivity index (χ2n) is 5.38. The molecule has 0 unspecified atom stereocenters. The second-order valence-corrected chi connectivity index (χ2v) is 5.38. The van der Waals surface area contributed by atoms with Gasteiger partial charge in [-0.2, -0.15) is 0 Å². The van der Waals surface area contributed by atoms with Gasteiger partial charge in [0.15, 0.2) is 0 Å². The largest absolute Gasteiger partial charge is 0.308 e. The Hall–Kier alpha value is -0.790. The topological polar surface area (TPSA) is 12.0 Å². The van der Waals surface area contributed by atoms with E-state index in [9.17, 15) is 0 Å². The highest BCUT2D eigenvalue weighted by Gasteiger charge is 2.27. The Bertz CT molecular complexity index is 366. The summed E-state index contributed by atoms with van der Waals surface area (Å²) in [6, 6.07) is 10.8. The first-order chi connectivity index (χ1) is 8.85. The minimum Gasteiger partial charge on any atom is -0.308 e. The fourth-order valence-corrected chi connectivity index (χ4v) is 3.00. The molecule has 1 aromatic rings. The van der Waals surface area contributed by atoms with Crippen LogP contribution in [0.4, 0.5) is 0 Å². The monoisotopic (exact) mass is 279 g/mol. The molecule has 1 aromatic carbocycles. The van der Waals surface area contributed by atoms with E-state index >= 15 is 0 Å². The van der Waals surface area contributed by atoms with Crippen LogP contribution in [0.25, 0.3) is 0 Å². The first-order valence-corrected chi connectivity index (χ1v) is 7.27. The summed E-state index contributed by atoms with van der Waals surface area (Å²) in [5.74, 6) is 0. The van der Waals surface area contributed by atoms with Crippen molar-refractivity contribution in [3.05, 3.63) is 48.0 Å². The molecule has 1 saturated carbocycles. The van der Waals surface area contributed by atoms with Crippen LogP contribution in [0.15, 0.2) is 42.5 Å². The lowest BCUT2D eigenvalue weighted by molar-refractivity contribution is 0.291. The van der Waals surface area contributed by atoms with Gasteiger partial charge in [0.25, 0.3) is 0 Å². The summed E-state index contributed by atoms with van der Waals surface area (Å²) in [7, 11) is 0. The van der Waals surface area contributed by atoms with Gasteiger partial charge in [0, 0.05) is 5.54 Å². The van der Waals surface area contributed by atoms with Gasteiger partial charge < -0.3 is 5.32 Å². The summed E-state index contributed by atoms with van der Waals surface area (Å²) >= 11 is 0. The van der Waals surface area contributed by atoms with Crippen molar-refractivity contribution in [2.75, 3.05) is 6.54 Å². The summed E-state index contributed by atoms with van der Waals surface area (Å²) in [6.45, 7) is 3.21. The fourth-order valence-electron chi connectivity index (χ4n) is 3.00. The molecule has 1 aliphatic rings. The Kier molecular flexibility index (Phi) is 7.19. The van der Waals surface area contributed by atoms with Crippen molar-refractivity contribution in [1.82, 2.24) is 5.32 Å². The predicted molar refractivity (Wildman–Crippen MR) is 86.0 cm³/mol. The van der Waals surface area contributed by atoms with Gasteiger partial charge in [0.1, 0.15) is 0 Å². The molecule has 0 amide bonds. The molecular formula is C17H26ClN. The molecule has 0 atom stereocenters. The molecular weight excluding hydrogens is 254 g/mol. The molecule has 0 saturated heterocycles. The third-order valence-electron chi connectivity index (χ3n) is 3.97. The van der Waals surface area contributed by atoms with E-state index in [1.54, 1.807) is 0 Å². The highest BCUT2D eigenvalue weighted by molar-refractivity contribution is 5.85. The Balaban J connectivity index is 0.00000180. The first-order valence-electron chi connectivity index (χ1n) is 7.27. The van der Waals surface area contributed by atoms with Crippen molar-refractivity contribution in [1.29, 1.82) is 0 Å². The summed E-state index contributed by atoms with van der Waals surface area (Å²) in [5.41, 5.74) is 1.71. The van der Waals surface area contributed by atoms with Crippen LogP contribution >= 0.6 is 12.4 Å². The van der Waals surface area contributed by atoms with E-state index in [1.165, 1.54) is 37.7 Å². The minimum atomic E-state index is 0. The standard InChI is InChI=1S/C17H25N.ClH/c1-2-12-17(13-7-4-8-14-17)18-15-11-16-9-5-3-6-10-16;/h2-3,5-6,9-10,12,18H,4,7-8,11,13-15H2,1H3;1H/b12-2+;. The first kappa shape index (κ1) is 16.3. The van der Waals surface area contributed by atoms with Crippen molar-refractivity contribution >= 4 is 12.4 Å². The molecule has 0 bridgehead atoms. The maximum Gasteiger partial charge on any atom is 0.0364 e. The molecule has 0 spiro atoms. The number of allylic oxidation sites excluding steroid dienone is 1. The summed E-state index contributed by atoms with van der Waals surface area (Å²) < 4.78 is 0. The highest BCUT2D eigenvalue weighted by Crippen LogP contribution is 2.29. The van der Waals surface area contributed by atoms with Gasteiger partial charge in [-0.1, -0.05) is 61.7 Å². The van der Waals surface area contributed by atoms with Gasteiger partial charge in [-0.15, -0.1) is 12.4 Å². The van der Waals surface area contributed by atoms with Crippen LogP contribution in [0.2, 0.25) is 0 Å². The van der Waals surface area contributed by atoms with E-state index in [2.05, 4.69) is 54.7 Å². The third kappa shape index (κ3) is 5.00. The van der Waals surface area contributed by atoms with Crippen LogP contribution in [-0.4, -0.2) is 12.1 Å². The van der Waals surface area contributed by atoms with Crippen LogP contribution in [0.1, 0.15) is 44.6 Å². The van der Waals surface area contributed by atoms with E-state index in [0.29, 0.717) is 0 Å². The fraction of sp³-hybridized carbons (Fsp3) is 0.529. The summed E-state index contributed by atoms with van der Waals surface area (Å²) in [4.78, 5) is 0. The van der Waals surface area contributed by atoms with E-state index < -0.39 is 0 Å². The van der Waals surface area contributed by atoms with Crippen LogP contribution in [-0.2, 0) is 6.42 Å². The van der Waals surface area contributed by atoms with Gasteiger partial charge in [0.2, 0.25) is 0 Å². The number of halogens is 1. The molecule has 0 radical (unpaired) electrons. The lowest BCUT2D eigenvalue weighted by atomic mass is 9.81. The summed E-state index contributed by atoms with van der Waals surface area (Å²) in [6.07, 6.45) is 12.4. The highest BCUT2D eigenvalue weighted by atomic mass is 35.5. The molecule has 2 rings (SSSR count). The van der Waals surface area contributed by atoms with Gasteiger partial charge in [-0.3, -0.25) is 0 Å². The number of nitrogens with one attached hydrogen (secondary N) is 1. The Labute approximate surface area is 123 Å². The van der Waals surface area contributed by atoms with Crippen LogP contribution < -0.4 is 5.32 Å². The normalized spacial score (nSPS) is 18.2. The van der Waals surface area contributed by atoms with Crippen molar-refractivity contribution in [2.45, 2.75) is 51.0 Å². The van der Waals surface area contributed by atoms with E-state index in [4.69, 9.17) is 0 Å². The van der Waals surface area contributed by atoms with Crippen molar-refractivity contribution in [3.8, 4) is 0 Å². The second kappa shape index (κ2) is 8.39. The zero-order valence-electron chi connectivity index (χ0n) is 11.9. The Morgan fingerprint density at radius 3 is 2.42 bits per heavy atom. The van der Waals surface area contributed by atoms with Crippen LogP contribution in [0.5, 0.6) is 0 Å². The van der Waals surface area contributed by atoms with Crippen molar-refractivity contribution < 1.29 is 0 Å². The lowest BCUT2D eigenvalue weighted by Crippen LogP contribution is -2.45. The molecule has 0 aliphatic heterocycles. The predicted octanol–water partition coefficient (Wildman–Crippen LogP) is 4.52. The van der Waals surface area contributed by atoms with Crippen molar-refractivity contribution in [3.63, 3.8) is 0 Å². The summed E-state index contributed by atoms with van der Waals surface area (Å²) in [5, 5.41) is 3.80. The zero-order chi connectivity index (χ0) is 12.7. The number of hydrogen-bond acceptors (Lipinski definition) is 1. The van der Waals surface area contributed by atoms with Gasteiger partial charge in [-0.05, 0) is 38.3 Å². The van der Waals surface area contributed by atoms with Crippen LogP contribution in [0.3, 0.4) is 0 Å². The molecule has 106 valence electrons.